The van der Waals surface area contributed by atoms with E-state index in [0.717, 1.165) is 18.4 Å². The highest BCUT2D eigenvalue weighted by molar-refractivity contribution is 7.90. The summed E-state index contributed by atoms with van der Waals surface area (Å²) in [5.41, 5.74) is 1.03. The molecule has 1 atom stereocenters. The lowest BCUT2D eigenvalue weighted by molar-refractivity contribution is 0.601. The Balaban J connectivity index is 2.92. The van der Waals surface area contributed by atoms with Crippen LogP contribution in [0.4, 0.5) is 0 Å². The Morgan fingerprint density at radius 2 is 2.00 bits per heavy atom. The summed E-state index contributed by atoms with van der Waals surface area (Å²) in [5.74, 6) is 6.38. The number of hydrogen-bond donors (Lipinski definition) is 0. The van der Waals surface area contributed by atoms with E-state index in [0.29, 0.717) is 4.90 Å². The van der Waals surface area contributed by atoms with Crippen LogP contribution in [0.1, 0.15) is 38.2 Å². The molecule has 0 heterocycles. The lowest BCUT2D eigenvalue weighted by atomic mass is 9.98. The molecule has 0 saturated heterocycles. The average molecular weight is 250 g/mol. The molecule has 1 unspecified atom stereocenters. The highest BCUT2D eigenvalue weighted by Gasteiger charge is 2.10. The molecule has 17 heavy (non-hydrogen) atoms. The second-order valence-corrected chi connectivity index (χ2v) is 6.17. The Morgan fingerprint density at radius 3 is 2.59 bits per heavy atom. The van der Waals surface area contributed by atoms with E-state index in [4.69, 9.17) is 0 Å². The maximum atomic E-state index is 11.4. The summed E-state index contributed by atoms with van der Waals surface area (Å²) < 4.78 is 22.9. The number of rotatable bonds is 3. The van der Waals surface area contributed by atoms with Gasteiger partial charge in [0, 0.05) is 19.1 Å². The molecule has 1 aromatic rings. The summed E-state index contributed by atoms with van der Waals surface area (Å²) in [7, 11) is -3.12. The van der Waals surface area contributed by atoms with E-state index in [2.05, 4.69) is 18.8 Å². The van der Waals surface area contributed by atoms with Crippen molar-refractivity contribution in [3.63, 3.8) is 0 Å². The quantitative estimate of drug-likeness (QED) is 0.773. The van der Waals surface area contributed by atoms with Gasteiger partial charge in [0.05, 0.1) is 4.90 Å². The van der Waals surface area contributed by atoms with Crippen LogP contribution in [0.3, 0.4) is 0 Å². The zero-order valence-electron chi connectivity index (χ0n) is 10.5. The highest BCUT2D eigenvalue weighted by atomic mass is 32.2. The Bertz CT molecular complexity index is 533. The minimum absolute atomic E-state index is 0.260. The van der Waals surface area contributed by atoms with Crippen molar-refractivity contribution in [1.82, 2.24) is 0 Å². The third kappa shape index (κ3) is 4.24. The van der Waals surface area contributed by atoms with Crippen molar-refractivity contribution in [2.24, 2.45) is 0 Å². The first-order valence-corrected chi connectivity index (χ1v) is 7.60. The van der Waals surface area contributed by atoms with Gasteiger partial charge in [-0.1, -0.05) is 26.0 Å². The summed E-state index contributed by atoms with van der Waals surface area (Å²) in [6.07, 6.45) is 2.85. The van der Waals surface area contributed by atoms with Crippen LogP contribution in [0.15, 0.2) is 29.2 Å². The van der Waals surface area contributed by atoms with E-state index < -0.39 is 9.84 Å². The van der Waals surface area contributed by atoms with Gasteiger partial charge in [0.2, 0.25) is 0 Å². The fourth-order valence-electron chi connectivity index (χ4n) is 1.52. The smallest absolute Gasteiger partial charge is 0.175 e. The van der Waals surface area contributed by atoms with Gasteiger partial charge < -0.3 is 0 Å². The van der Waals surface area contributed by atoms with Gasteiger partial charge >= 0.3 is 0 Å². The lowest BCUT2D eigenvalue weighted by Gasteiger charge is -2.09. The zero-order chi connectivity index (χ0) is 12.9. The van der Waals surface area contributed by atoms with Crippen molar-refractivity contribution in [2.45, 2.75) is 37.5 Å². The Labute approximate surface area is 104 Å². The maximum Gasteiger partial charge on any atom is 0.175 e. The van der Waals surface area contributed by atoms with Crippen molar-refractivity contribution in [1.29, 1.82) is 0 Å². The van der Waals surface area contributed by atoms with Crippen molar-refractivity contribution in [2.75, 3.05) is 6.26 Å². The van der Waals surface area contributed by atoms with Gasteiger partial charge in [-0.05, 0) is 23.6 Å². The molecule has 0 N–H and O–H groups in total. The molecule has 1 aromatic carbocycles. The largest absolute Gasteiger partial charge is 0.224 e. The topological polar surface area (TPSA) is 34.1 Å². The monoisotopic (exact) mass is 250 g/mol. The van der Waals surface area contributed by atoms with Crippen LogP contribution < -0.4 is 0 Å². The first-order valence-electron chi connectivity index (χ1n) is 5.71. The fourth-order valence-corrected chi connectivity index (χ4v) is 2.20. The Morgan fingerprint density at radius 1 is 1.29 bits per heavy atom. The summed E-state index contributed by atoms with van der Waals surface area (Å²) in [6.45, 7) is 4.08. The van der Waals surface area contributed by atoms with Crippen LogP contribution in [0.5, 0.6) is 0 Å². The number of benzene rings is 1. The summed E-state index contributed by atoms with van der Waals surface area (Å²) in [5, 5.41) is 0. The molecule has 0 aliphatic carbocycles. The van der Waals surface area contributed by atoms with E-state index in [1.807, 2.05) is 13.0 Å². The molecule has 0 aliphatic rings. The molecule has 0 amide bonds. The molecule has 0 fully saturated rings. The van der Waals surface area contributed by atoms with Crippen LogP contribution in [0.2, 0.25) is 0 Å². The van der Waals surface area contributed by atoms with Crippen LogP contribution in [-0.4, -0.2) is 14.7 Å². The van der Waals surface area contributed by atoms with E-state index in [-0.39, 0.29) is 5.92 Å². The third-order valence-corrected chi connectivity index (χ3v) is 3.68. The van der Waals surface area contributed by atoms with E-state index >= 15 is 0 Å². The molecule has 2 nitrogen and oxygen atoms in total. The molecular formula is C14H18O2S. The Kier molecular flexibility index (Phi) is 4.77. The number of sulfone groups is 1. The molecule has 0 bridgehead atoms. The molecule has 92 valence electrons. The van der Waals surface area contributed by atoms with Crippen molar-refractivity contribution in [3.05, 3.63) is 29.8 Å². The van der Waals surface area contributed by atoms with Gasteiger partial charge in [0.15, 0.2) is 9.84 Å². The lowest BCUT2D eigenvalue weighted by Crippen LogP contribution is -1.99. The highest BCUT2D eigenvalue weighted by Crippen LogP contribution is 2.21. The van der Waals surface area contributed by atoms with Gasteiger partial charge in [0.1, 0.15) is 0 Å². The minimum Gasteiger partial charge on any atom is -0.224 e. The predicted octanol–water partition coefficient (Wildman–Crippen LogP) is 3.00. The molecule has 0 aliphatic heterocycles. The van der Waals surface area contributed by atoms with Gasteiger partial charge in [-0.2, -0.15) is 0 Å². The van der Waals surface area contributed by atoms with Crippen LogP contribution in [0.25, 0.3) is 0 Å². The summed E-state index contributed by atoms with van der Waals surface area (Å²) in [4.78, 5) is 0.380. The summed E-state index contributed by atoms with van der Waals surface area (Å²) in [6, 6.07) is 7.11. The van der Waals surface area contributed by atoms with Crippen molar-refractivity contribution < 1.29 is 8.42 Å². The molecule has 0 aromatic heterocycles. The maximum absolute atomic E-state index is 11.4. The zero-order valence-corrected chi connectivity index (χ0v) is 11.3. The van der Waals surface area contributed by atoms with Gasteiger partial charge in [-0.15, -0.1) is 11.8 Å². The first-order chi connectivity index (χ1) is 7.95. The SMILES string of the molecule is CCC#CCC(C)c1cccc(S(C)(=O)=O)c1. The fraction of sp³-hybridized carbons (Fsp3) is 0.429. The van der Waals surface area contributed by atoms with Gasteiger partial charge in [-0.3, -0.25) is 0 Å². The van der Waals surface area contributed by atoms with Gasteiger partial charge in [-0.25, -0.2) is 8.42 Å². The van der Waals surface area contributed by atoms with Crippen molar-refractivity contribution in [3.8, 4) is 11.8 Å². The molecular weight excluding hydrogens is 232 g/mol. The normalized spacial score (nSPS) is 12.6. The van der Waals surface area contributed by atoms with Gasteiger partial charge in [0.25, 0.3) is 0 Å². The average Bonchev–Trinajstić information content (AvgIpc) is 2.28. The standard InChI is InChI=1S/C14H18O2S/c1-4-5-6-8-12(2)13-9-7-10-14(11-13)17(3,15)16/h7,9-12H,4,8H2,1-3H3. The second-order valence-electron chi connectivity index (χ2n) is 4.16. The van der Waals surface area contributed by atoms with E-state index in [1.165, 1.54) is 6.26 Å². The molecule has 0 saturated carbocycles. The first kappa shape index (κ1) is 13.8. The van der Waals surface area contributed by atoms with Crippen LogP contribution >= 0.6 is 0 Å². The van der Waals surface area contributed by atoms with Crippen molar-refractivity contribution >= 4 is 9.84 Å². The second kappa shape index (κ2) is 5.88. The summed E-state index contributed by atoms with van der Waals surface area (Å²) >= 11 is 0. The van der Waals surface area contributed by atoms with Crippen LogP contribution in [0, 0.1) is 11.8 Å². The molecule has 1 rings (SSSR count). The molecule has 0 spiro atoms. The van der Waals surface area contributed by atoms with E-state index in [1.54, 1.807) is 18.2 Å². The Hall–Kier alpha value is -1.27. The number of hydrogen-bond acceptors (Lipinski definition) is 2. The van der Waals surface area contributed by atoms with E-state index in [9.17, 15) is 8.42 Å². The minimum atomic E-state index is -3.12. The third-order valence-electron chi connectivity index (χ3n) is 2.57. The molecule has 0 radical (unpaired) electrons. The predicted molar refractivity (Wildman–Crippen MR) is 70.7 cm³/mol. The van der Waals surface area contributed by atoms with Crippen LogP contribution in [-0.2, 0) is 9.84 Å². The molecule has 3 heteroatoms.